The lowest BCUT2D eigenvalue weighted by Gasteiger charge is -2.05. The number of hydrogen-bond acceptors (Lipinski definition) is 4. The van der Waals surface area contributed by atoms with E-state index in [9.17, 15) is 0 Å². The van der Waals surface area contributed by atoms with Crippen molar-refractivity contribution in [3.05, 3.63) is 22.2 Å². The van der Waals surface area contributed by atoms with Gasteiger partial charge in [-0.05, 0) is 40.5 Å². The molecule has 5 heteroatoms. The van der Waals surface area contributed by atoms with Gasteiger partial charge in [0.25, 0.3) is 0 Å². The normalized spacial score (nSPS) is 9.67. The molecule has 0 amide bonds. The molecule has 0 aliphatic carbocycles. The summed E-state index contributed by atoms with van der Waals surface area (Å²) in [7, 11) is 0. The second kappa shape index (κ2) is 3.75. The monoisotopic (exact) mass is 234 g/mol. The molecule has 4 nitrogen and oxygen atoms in total. The van der Waals surface area contributed by atoms with Crippen LogP contribution in [0.25, 0.3) is 0 Å². The molecule has 0 atom stereocenters. The quantitative estimate of drug-likeness (QED) is 0.610. The van der Waals surface area contributed by atoms with Crippen LogP contribution in [0.15, 0.2) is 16.6 Å². The topological polar surface area (TPSA) is 58.9 Å². The first-order chi connectivity index (χ1) is 5.69. The van der Waals surface area contributed by atoms with Crippen molar-refractivity contribution >= 4 is 15.9 Å². The van der Waals surface area contributed by atoms with Gasteiger partial charge in [0.15, 0.2) is 11.5 Å². The van der Waals surface area contributed by atoms with Crippen LogP contribution in [0.2, 0.25) is 0 Å². The third-order valence-electron chi connectivity index (χ3n) is 1.35. The van der Waals surface area contributed by atoms with Gasteiger partial charge in [0.05, 0.1) is 0 Å². The van der Waals surface area contributed by atoms with Crippen molar-refractivity contribution in [3.8, 4) is 11.5 Å². The molecule has 0 fully saturated rings. The van der Waals surface area contributed by atoms with Crippen molar-refractivity contribution < 1.29 is 20.3 Å². The summed E-state index contributed by atoms with van der Waals surface area (Å²) in [6.07, 6.45) is 0. The fourth-order valence-corrected chi connectivity index (χ4v) is 1.21. The molecule has 1 aromatic rings. The summed E-state index contributed by atoms with van der Waals surface area (Å²) < 4.78 is 0.359. The maximum absolute atomic E-state index is 8.40. The molecule has 0 bridgehead atoms. The van der Waals surface area contributed by atoms with Crippen molar-refractivity contribution in [1.82, 2.24) is 0 Å². The highest BCUT2D eigenvalue weighted by Crippen LogP contribution is 2.34. The minimum absolute atomic E-state index is 0.194. The SMILES string of the molecule is Cc1cc(OO)c(Br)c(OO)c1. The van der Waals surface area contributed by atoms with Crippen LogP contribution in [0.5, 0.6) is 11.5 Å². The summed E-state index contributed by atoms with van der Waals surface area (Å²) in [6.45, 7) is 1.78. The van der Waals surface area contributed by atoms with E-state index in [4.69, 9.17) is 10.5 Å². The van der Waals surface area contributed by atoms with E-state index in [0.717, 1.165) is 5.56 Å². The Morgan fingerprint density at radius 1 is 1.17 bits per heavy atom. The largest absolute Gasteiger partial charge is 0.339 e. The van der Waals surface area contributed by atoms with E-state index in [1.807, 2.05) is 0 Å². The van der Waals surface area contributed by atoms with Gasteiger partial charge < -0.3 is 9.78 Å². The Hall–Kier alpha value is -0.780. The van der Waals surface area contributed by atoms with Crippen molar-refractivity contribution in [3.63, 3.8) is 0 Å². The molecule has 1 aromatic carbocycles. The maximum atomic E-state index is 8.40. The molecule has 0 spiro atoms. The molecule has 0 heterocycles. The molecular weight excluding hydrogens is 228 g/mol. The van der Waals surface area contributed by atoms with E-state index in [1.54, 1.807) is 19.1 Å². The molecule has 12 heavy (non-hydrogen) atoms. The Bertz CT molecular complexity index is 262. The Labute approximate surface area is 77.3 Å². The molecule has 2 N–H and O–H groups in total. The van der Waals surface area contributed by atoms with E-state index in [-0.39, 0.29) is 11.5 Å². The van der Waals surface area contributed by atoms with Gasteiger partial charge in [0, 0.05) is 0 Å². The summed E-state index contributed by atoms with van der Waals surface area (Å²) in [5.74, 6) is 0.387. The van der Waals surface area contributed by atoms with Crippen LogP contribution in [0.1, 0.15) is 5.56 Å². The Balaban J connectivity index is 3.22. The molecule has 0 aliphatic heterocycles. The van der Waals surface area contributed by atoms with Gasteiger partial charge in [0.2, 0.25) is 0 Å². The van der Waals surface area contributed by atoms with Crippen LogP contribution >= 0.6 is 15.9 Å². The van der Waals surface area contributed by atoms with Crippen LogP contribution in [-0.4, -0.2) is 10.5 Å². The first-order valence-electron chi connectivity index (χ1n) is 3.12. The Morgan fingerprint density at radius 2 is 1.58 bits per heavy atom. The van der Waals surface area contributed by atoms with Crippen LogP contribution < -0.4 is 9.78 Å². The van der Waals surface area contributed by atoms with E-state index >= 15 is 0 Å². The average molecular weight is 235 g/mol. The van der Waals surface area contributed by atoms with E-state index in [2.05, 4.69) is 25.7 Å². The molecule has 66 valence electrons. The first-order valence-corrected chi connectivity index (χ1v) is 3.91. The first kappa shape index (κ1) is 9.31. The second-order valence-electron chi connectivity index (χ2n) is 2.26. The molecule has 0 saturated carbocycles. The lowest BCUT2D eigenvalue weighted by atomic mass is 10.2. The lowest BCUT2D eigenvalue weighted by Crippen LogP contribution is -1.91. The zero-order chi connectivity index (χ0) is 9.14. The minimum atomic E-state index is 0.194. The molecule has 0 unspecified atom stereocenters. The number of benzene rings is 1. The van der Waals surface area contributed by atoms with Crippen LogP contribution in [0.4, 0.5) is 0 Å². The standard InChI is InChI=1S/C7H7BrO4/c1-4-2-5(11-9)7(8)6(3-4)12-10/h2-3,9-10H,1H3. The zero-order valence-corrected chi connectivity index (χ0v) is 7.83. The van der Waals surface area contributed by atoms with Crippen LogP contribution in [-0.2, 0) is 0 Å². The van der Waals surface area contributed by atoms with Crippen LogP contribution in [0, 0.1) is 6.92 Å². The highest BCUT2D eigenvalue weighted by Gasteiger charge is 2.09. The van der Waals surface area contributed by atoms with Gasteiger partial charge in [-0.15, -0.1) is 0 Å². The van der Waals surface area contributed by atoms with Crippen molar-refractivity contribution in [2.24, 2.45) is 0 Å². The van der Waals surface area contributed by atoms with Gasteiger partial charge in [-0.2, -0.15) is 0 Å². The highest BCUT2D eigenvalue weighted by atomic mass is 79.9. The zero-order valence-electron chi connectivity index (χ0n) is 6.24. The van der Waals surface area contributed by atoms with Gasteiger partial charge in [-0.25, -0.2) is 10.5 Å². The molecule has 0 aromatic heterocycles. The van der Waals surface area contributed by atoms with Crippen molar-refractivity contribution in [2.45, 2.75) is 6.92 Å². The highest BCUT2D eigenvalue weighted by molar-refractivity contribution is 9.10. The summed E-state index contributed by atoms with van der Waals surface area (Å²) >= 11 is 3.07. The third-order valence-corrected chi connectivity index (χ3v) is 2.13. The number of halogens is 1. The fourth-order valence-electron chi connectivity index (χ4n) is 0.836. The minimum Gasteiger partial charge on any atom is -0.339 e. The summed E-state index contributed by atoms with van der Waals surface area (Å²) in [5.41, 5.74) is 0.798. The summed E-state index contributed by atoms with van der Waals surface area (Å²) in [6, 6.07) is 3.18. The van der Waals surface area contributed by atoms with E-state index in [1.165, 1.54) is 0 Å². The third kappa shape index (κ3) is 1.69. The maximum Gasteiger partial charge on any atom is 0.183 e. The smallest absolute Gasteiger partial charge is 0.183 e. The molecule has 0 saturated heterocycles. The average Bonchev–Trinajstić information content (AvgIpc) is 2.08. The number of hydrogen-bond donors (Lipinski definition) is 2. The van der Waals surface area contributed by atoms with Gasteiger partial charge >= 0.3 is 0 Å². The predicted molar refractivity (Wildman–Crippen MR) is 45.4 cm³/mol. The summed E-state index contributed by atoms with van der Waals surface area (Å²) in [4.78, 5) is 8.06. The molecule has 1 rings (SSSR count). The van der Waals surface area contributed by atoms with E-state index < -0.39 is 0 Å². The van der Waals surface area contributed by atoms with E-state index in [0.29, 0.717) is 4.47 Å². The van der Waals surface area contributed by atoms with Crippen molar-refractivity contribution in [2.75, 3.05) is 0 Å². The summed E-state index contributed by atoms with van der Waals surface area (Å²) in [5, 5.41) is 16.8. The second-order valence-corrected chi connectivity index (χ2v) is 3.05. The molecule has 0 radical (unpaired) electrons. The molecular formula is C7H7BrO4. The van der Waals surface area contributed by atoms with Crippen molar-refractivity contribution in [1.29, 1.82) is 0 Å². The van der Waals surface area contributed by atoms with Crippen LogP contribution in [0.3, 0.4) is 0 Å². The Morgan fingerprint density at radius 3 is 1.92 bits per heavy atom. The number of aryl methyl sites for hydroxylation is 1. The fraction of sp³-hybridized carbons (Fsp3) is 0.143. The van der Waals surface area contributed by atoms with Gasteiger partial charge in [0.1, 0.15) is 4.47 Å². The lowest BCUT2D eigenvalue weighted by molar-refractivity contribution is -0.146. The Kier molecular flexibility index (Phi) is 2.91. The number of rotatable bonds is 2. The van der Waals surface area contributed by atoms with Gasteiger partial charge in [-0.1, -0.05) is 0 Å². The molecule has 0 aliphatic rings. The predicted octanol–water partition coefficient (Wildman–Crippen LogP) is 2.46. The van der Waals surface area contributed by atoms with Gasteiger partial charge in [-0.3, -0.25) is 0 Å².